The molecule has 5 heterocycles. The number of piperidine rings is 2. The highest BCUT2D eigenvalue weighted by Gasteiger charge is 2.51. The Bertz CT molecular complexity index is 1180. The molecule has 34 heavy (non-hydrogen) atoms. The number of anilines is 1. The first-order valence-electron chi connectivity index (χ1n) is 11.0. The van der Waals surface area contributed by atoms with Crippen LogP contribution in [0, 0.1) is 11.8 Å². The van der Waals surface area contributed by atoms with Crippen molar-refractivity contribution in [1.29, 1.82) is 0 Å². The summed E-state index contributed by atoms with van der Waals surface area (Å²) in [5.74, 6) is 1.14. The molecule has 2 bridgehead atoms. The number of rotatable bonds is 5. The van der Waals surface area contributed by atoms with Crippen LogP contribution in [0.3, 0.4) is 0 Å². The second kappa shape index (κ2) is 8.33. The van der Waals surface area contributed by atoms with Crippen LogP contribution in [0.4, 0.5) is 19.0 Å². The van der Waals surface area contributed by atoms with Crippen LogP contribution in [0.1, 0.15) is 35.9 Å². The summed E-state index contributed by atoms with van der Waals surface area (Å²) >= 11 is 0. The number of nitrogens with one attached hydrogen (secondary N) is 1. The van der Waals surface area contributed by atoms with Gasteiger partial charge in [0.25, 0.3) is 5.91 Å². The predicted octanol–water partition coefficient (Wildman–Crippen LogP) is 3.04. The molecule has 12 heteroatoms. The molecular formula is C22H23F3N8O. The molecule has 2 aliphatic heterocycles. The molecule has 0 radical (unpaired) electrons. The quantitative estimate of drug-likeness (QED) is 0.609. The van der Waals surface area contributed by atoms with E-state index in [-0.39, 0.29) is 35.4 Å². The average Bonchev–Trinajstić information content (AvgIpc) is 3.18. The molecule has 0 aromatic carbocycles. The topological polar surface area (TPSA) is 102 Å². The van der Waals surface area contributed by atoms with E-state index in [1.807, 2.05) is 4.90 Å². The highest BCUT2D eigenvalue weighted by atomic mass is 19.4. The number of nitrogens with zero attached hydrogens (tertiary/aromatic N) is 7. The molecule has 1 saturated carbocycles. The van der Waals surface area contributed by atoms with E-state index in [1.165, 1.54) is 0 Å². The maximum absolute atomic E-state index is 13.8. The Kier molecular flexibility index (Phi) is 5.45. The lowest BCUT2D eigenvalue weighted by atomic mass is 9.64. The highest BCUT2D eigenvalue weighted by Crippen LogP contribution is 2.47. The van der Waals surface area contributed by atoms with Crippen LogP contribution in [0.5, 0.6) is 0 Å². The van der Waals surface area contributed by atoms with Gasteiger partial charge in [-0.15, -0.1) is 0 Å². The summed E-state index contributed by atoms with van der Waals surface area (Å²) in [6.07, 6.45) is 4.02. The molecular weight excluding hydrogens is 449 g/mol. The second-order valence-electron chi connectivity index (χ2n) is 8.83. The number of carbonyl (C=O) groups excluding carboxylic acids is 1. The third-order valence-electron chi connectivity index (χ3n) is 6.76. The van der Waals surface area contributed by atoms with Gasteiger partial charge in [0.05, 0.1) is 24.0 Å². The molecule has 1 amide bonds. The van der Waals surface area contributed by atoms with E-state index in [2.05, 4.69) is 37.3 Å². The van der Waals surface area contributed by atoms with Crippen LogP contribution in [-0.4, -0.2) is 59.2 Å². The number of amides is 1. The van der Waals surface area contributed by atoms with E-state index in [9.17, 15) is 18.0 Å². The lowest BCUT2D eigenvalue weighted by Gasteiger charge is -2.57. The third-order valence-corrected chi connectivity index (χ3v) is 6.76. The van der Waals surface area contributed by atoms with Crippen LogP contribution < -0.4 is 5.32 Å². The van der Waals surface area contributed by atoms with Crippen molar-refractivity contribution in [3.8, 4) is 11.4 Å². The smallest absolute Gasteiger partial charge is 0.367 e. The van der Waals surface area contributed by atoms with Crippen molar-refractivity contribution in [2.24, 2.45) is 18.9 Å². The molecule has 6 rings (SSSR count). The van der Waals surface area contributed by atoms with Gasteiger partial charge in [0.2, 0.25) is 0 Å². The zero-order chi connectivity index (χ0) is 24.0. The Labute approximate surface area is 193 Å². The number of aryl methyl sites for hydroxylation is 1. The minimum absolute atomic E-state index is 0.0886. The first-order chi connectivity index (χ1) is 16.2. The number of carbonyl (C=O) groups is 1. The number of halogens is 3. The largest absolute Gasteiger partial charge is 0.434 e. The monoisotopic (exact) mass is 472 g/mol. The van der Waals surface area contributed by atoms with Gasteiger partial charge in [-0.2, -0.15) is 18.3 Å². The molecule has 0 spiro atoms. The van der Waals surface area contributed by atoms with Gasteiger partial charge in [0.1, 0.15) is 5.82 Å². The van der Waals surface area contributed by atoms with E-state index in [0.29, 0.717) is 30.0 Å². The number of aromatic nitrogens is 6. The Morgan fingerprint density at radius 3 is 2.53 bits per heavy atom. The van der Waals surface area contributed by atoms with E-state index >= 15 is 0 Å². The van der Waals surface area contributed by atoms with Crippen LogP contribution in [0.15, 0.2) is 37.1 Å². The highest BCUT2D eigenvalue weighted by molar-refractivity contribution is 5.98. The van der Waals surface area contributed by atoms with Crippen molar-refractivity contribution in [3.63, 3.8) is 0 Å². The Morgan fingerprint density at radius 2 is 1.88 bits per heavy atom. The van der Waals surface area contributed by atoms with Crippen molar-refractivity contribution in [2.45, 2.75) is 38.0 Å². The molecule has 1 N–H and O–H groups in total. The lowest BCUT2D eigenvalue weighted by Crippen LogP contribution is -2.64. The summed E-state index contributed by atoms with van der Waals surface area (Å²) in [5, 5.41) is 7.49. The van der Waals surface area contributed by atoms with Crippen molar-refractivity contribution < 1.29 is 18.0 Å². The SMILES string of the molecule is C[C@@H]1C2CC(C2)N(C(=O)c2nn(C)cc2-c2ncccn2)C1CNc1cnc(C(F)(F)F)cn1. The van der Waals surface area contributed by atoms with E-state index in [0.717, 1.165) is 19.0 Å². The molecule has 3 aromatic heterocycles. The van der Waals surface area contributed by atoms with Gasteiger partial charge < -0.3 is 10.2 Å². The van der Waals surface area contributed by atoms with E-state index < -0.39 is 11.9 Å². The molecule has 1 unspecified atom stereocenters. The molecule has 2 atom stereocenters. The minimum atomic E-state index is -4.54. The normalized spacial score (nSPS) is 24.0. The Hall–Kier alpha value is -3.57. The summed E-state index contributed by atoms with van der Waals surface area (Å²) in [7, 11) is 1.74. The van der Waals surface area contributed by atoms with Gasteiger partial charge in [-0.1, -0.05) is 6.92 Å². The molecule has 3 aliphatic rings. The number of fused-ring (bicyclic) bond motifs is 2. The summed E-state index contributed by atoms with van der Waals surface area (Å²) in [6.45, 7) is 2.44. The maximum atomic E-state index is 13.8. The fourth-order valence-electron chi connectivity index (χ4n) is 4.87. The first-order valence-corrected chi connectivity index (χ1v) is 11.0. The number of alkyl halides is 3. The van der Waals surface area contributed by atoms with Crippen molar-refractivity contribution >= 4 is 11.7 Å². The zero-order valence-electron chi connectivity index (χ0n) is 18.6. The Morgan fingerprint density at radius 1 is 1.15 bits per heavy atom. The molecule has 3 fully saturated rings. The minimum Gasteiger partial charge on any atom is -0.367 e. The molecule has 3 aromatic rings. The van der Waals surface area contributed by atoms with Gasteiger partial charge >= 0.3 is 6.18 Å². The molecule has 1 aliphatic carbocycles. The Balaban J connectivity index is 1.39. The fourth-order valence-corrected chi connectivity index (χ4v) is 4.87. The van der Waals surface area contributed by atoms with Gasteiger partial charge in [0.15, 0.2) is 17.2 Å². The first kappa shape index (κ1) is 22.2. The standard InChI is InChI=1S/C22H23F3N8O/c1-12-13-6-14(7-13)33(16(12)8-29-18-10-28-17(9-30-18)22(23,24)25)21(34)19-15(11-32(2)31-19)20-26-4-3-5-27-20/h3-5,9-14,16H,6-8H2,1-2H3,(H,29,30)/t12-,13?,14?,16?/m1/s1. The molecule has 178 valence electrons. The summed E-state index contributed by atoms with van der Waals surface area (Å²) in [5.41, 5.74) is -0.207. The summed E-state index contributed by atoms with van der Waals surface area (Å²) in [6, 6.07) is 1.61. The van der Waals surface area contributed by atoms with Gasteiger partial charge in [-0.25, -0.2) is 19.9 Å². The van der Waals surface area contributed by atoms with E-state index in [4.69, 9.17) is 0 Å². The van der Waals surface area contributed by atoms with Gasteiger partial charge in [-0.05, 0) is 30.7 Å². The van der Waals surface area contributed by atoms with Crippen molar-refractivity contribution in [3.05, 3.63) is 48.4 Å². The van der Waals surface area contributed by atoms with Crippen LogP contribution in [0.2, 0.25) is 0 Å². The lowest BCUT2D eigenvalue weighted by molar-refractivity contribution is -0.141. The van der Waals surface area contributed by atoms with Gasteiger partial charge in [-0.3, -0.25) is 9.48 Å². The predicted molar refractivity (Wildman–Crippen MR) is 115 cm³/mol. The zero-order valence-corrected chi connectivity index (χ0v) is 18.6. The van der Waals surface area contributed by atoms with Gasteiger partial charge in [0, 0.05) is 38.2 Å². The van der Waals surface area contributed by atoms with Crippen molar-refractivity contribution in [1.82, 2.24) is 34.6 Å². The second-order valence-corrected chi connectivity index (χ2v) is 8.83. The molecule has 2 saturated heterocycles. The van der Waals surface area contributed by atoms with Crippen LogP contribution >= 0.6 is 0 Å². The molecule has 9 nitrogen and oxygen atoms in total. The maximum Gasteiger partial charge on any atom is 0.434 e. The summed E-state index contributed by atoms with van der Waals surface area (Å²) < 4.78 is 39.9. The fraction of sp³-hybridized carbons (Fsp3) is 0.455. The van der Waals surface area contributed by atoms with Crippen molar-refractivity contribution in [2.75, 3.05) is 11.9 Å². The van der Waals surface area contributed by atoms with Crippen LogP contribution in [0.25, 0.3) is 11.4 Å². The number of hydrogen-bond donors (Lipinski definition) is 1. The summed E-state index contributed by atoms with van der Waals surface area (Å²) in [4.78, 5) is 31.5. The van der Waals surface area contributed by atoms with E-state index in [1.54, 1.807) is 36.4 Å². The van der Waals surface area contributed by atoms with Crippen LogP contribution in [-0.2, 0) is 13.2 Å². The average molecular weight is 472 g/mol. The third kappa shape index (κ3) is 3.97. The number of hydrogen-bond acceptors (Lipinski definition) is 7.